The number of alkyl halides is 3. The molecule has 2 heterocycles. The predicted octanol–water partition coefficient (Wildman–Crippen LogP) is 5.22. The summed E-state index contributed by atoms with van der Waals surface area (Å²) in [7, 11) is 0. The number of amides is 2. The lowest BCUT2D eigenvalue weighted by molar-refractivity contribution is -0.138. The number of imide groups is 1. The summed E-state index contributed by atoms with van der Waals surface area (Å²) in [5.74, 6) is -1.33. The van der Waals surface area contributed by atoms with E-state index in [1.165, 1.54) is 41.2 Å². The molecule has 0 radical (unpaired) electrons. The molecular weight excluding hydrogens is 446 g/mol. The van der Waals surface area contributed by atoms with Crippen molar-refractivity contribution >= 4 is 51.5 Å². The van der Waals surface area contributed by atoms with E-state index < -0.39 is 28.7 Å². The van der Waals surface area contributed by atoms with Gasteiger partial charge >= 0.3 is 6.18 Å². The number of halogens is 5. The molecule has 0 aliphatic carbocycles. The van der Waals surface area contributed by atoms with Crippen molar-refractivity contribution in [1.29, 1.82) is 0 Å². The van der Waals surface area contributed by atoms with E-state index in [9.17, 15) is 27.2 Å². The van der Waals surface area contributed by atoms with Crippen LogP contribution in [0.1, 0.15) is 16.7 Å². The molecular formula is C19H10ClF4N3O2S. The average Bonchev–Trinajstić information content (AvgIpc) is 3.21. The van der Waals surface area contributed by atoms with E-state index in [1.54, 1.807) is 0 Å². The fourth-order valence-corrected chi connectivity index (χ4v) is 3.89. The number of thioether (sulfide) groups is 1. The molecule has 154 valence electrons. The lowest BCUT2D eigenvalue weighted by Crippen LogP contribution is -2.17. The molecule has 1 saturated heterocycles. The average molecular weight is 456 g/mol. The van der Waals surface area contributed by atoms with Crippen molar-refractivity contribution < 1.29 is 27.2 Å². The minimum Gasteiger partial charge on any atom is -0.282 e. The number of aromatic nitrogens is 2. The van der Waals surface area contributed by atoms with Gasteiger partial charge in [0.05, 0.1) is 34.1 Å². The van der Waals surface area contributed by atoms with Crippen LogP contribution in [0.2, 0.25) is 5.02 Å². The van der Waals surface area contributed by atoms with Gasteiger partial charge in [0.1, 0.15) is 5.82 Å². The standard InChI is InChI=1S/C19H10ClF4N3O2S/c20-11-3-1-10(13(6-11)19(22,23)24)8-27-14-4-2-9(16(21)12(14)7-25-27)5-15-17(28)26-18(29)30-15/h1-7H,8H2,(H,26,28,29). The summed E-state index contributed by atoms with van der Waals surface area (Å²) in [5.41, 5.74) is -0.635. The fourth-order valence-electron chi connectivity index (χ4n) is 3.05. The van der Waals surface area contributed by atoms with Crippen LogP contribution in [0.25, 0.3) is 17.0 Å². The number of benzene rings is 2. The number of nitrogens with one attached hydrogen (secondary N) is 1. The van der Waals surface area contributed by atoms with Crippen LogP contribution in [-0.4, -0.2) is 20.9 Å². The summed E-state index contributed by atoms with van der Waals surface area (Å²) in [6, 6.07) is 6.28. The molecule has 0 spiro atoms. The molecule has 11 heteroatoms. The number of fused-ring (bicyclic) bond motifs is 1. The number of rotatable bonds is 3. The smallest absolute Gasteiger partial charge is 0.282 e. The molecule has 1 fully saturated rings. The number of carbonyl (C=O) groups is 2. The molecule has 5 nitrogen and oxygen atoms in total. The first-order valence-electron chi connectivity index (χ1n) is 8.38. The third kappa shape index (κ3) is 3.80. The SMILES string of the molecule is O=C1NC(=O)C(=Cc2ccc3c(cnn3Cc3ccc(Cl)cc3C(F)(F)F)c2F)S1. The second-order valence-electron chi connectivity index (χ2n) is 6.36. The van der Waals surface area contributed by atoms with Crippen LogP contribution in [0.4, 0.5) is 22.4 Å². The van der Waals surface area contributed by atoms with Crippen LogP contribution in [0.15, 0.2) is 41.4 Å². The van der Waals surface area contributed by atoms with Gasteiger partial charge in [0, 0.05) is 10.6 Å². The molecule has 0 unspecified atom stereocenters. The highest BCUT2D eigenvalue weighted by molar-refractivity contribution is 8.18. The Bertz CT molecular complexity index is 1240. The van der Waals surface area contributed by atoms with Gasteiger partial charge in [0.2, 0.25) is 0 Å². The maximum Gasteiger partial charge on any atom is 0.416 e. The molecule has 3 aromatic rings. The van der Waals surface area contributed by atoms with Gasteiger partial charge in [0.25, 0.3) is 11.1 Å². The Labute approximate surface area is 175 Å². The maximum atomic E-state index is 14.9. The highest BCUT2D eigenvalue weighted by Gasteiger charge is 2.33. The molecule has 2 aromatic carbocycles. The van der Waals surface area contributed by atoms with Gasteiger partial charge in [-0.25, -0.2) is 4.39 Å². The van der Waals surface area contributed by atoms with Gasteiger partial charge in [-0.3, -0.25) is 19.6 Å². The summed E-state index contributed by atoms with van der Waals surface area (Å²) in [6.45, 7) is -0.248. The summed E-state index contributed by atoms with van der Waals surface area (Å²) >= 11 is 6.35. The van der Waals surface area contributed by atoms with E-state index in [0.717, 1.165) is 6.07 Å². The normalized spacial score (nSPS) is 16.0. The number of hydrogen-bond acceptors (Lipinski definition) is 4. The summed E-state index contributed by atoms with van der Waals surface area (Å²) in [4.78, 5) is 22.9. The molecule has 1 aliphatic rings. The van der Waals surface area contributed by atoms with Crippen molar-refractivity contribution in [2.24, 2.45) is 0 Å². The minimum atomic E-state index is -4.61. The van der Waals surface area contributed by atoms with E-state index in [4.69, 9.17) is 11.6 Å². The molecule has 1 aromatic heterocycles. The molecule has 0 saturated carbocycles. The molecule has 1 N–H and O–H groups in total. The zero-order valence-electron chi connectivity index (χ0n) is 14.8. The first-order chi connectivity index (χ1) is 14.1. The van der Waals surface area contributed by atoms with E-state index in [-0.39, 0.29) is 38.5 Å². The van der Waals surface area contributed by atoms with Crippen LogP contribution in [0, 0.1) is 5.82 Å². The minimum absolute atomic E-state index is 0.0432. The van der Waals surface area contributed by atoms with Gasteiger partial charge in [-0.05, 0) is 47.7 Å². The second-order valence-corrected chi connectivity index (χ2v) is 7.81. The number of carbonyl (C=O) groups excluding carboxylic acids is 2. The molecule has 4 rings (SSSR count). The number of hydrogen-bond donors (Lipinski definition) is 1. The Kier molecular flexibility index (Phi) is 5.07. The second kappa shape index (κ2) is 7.44. The van der Waals surface area contributed by atoms with Gasteiger partial charge in [-0.15, -0.1) is 0 Å². The first-order valence-corrected chi connectivity index (χ1v) is 9.57. The zero-order valence-corrected chi connectivity index (χ0v) is 16.3. The molecule has 0 bridgehead atoms. The Morgan fingerprint density at radius 2 is 1.97 bits per heavy atom. The molecule has 1 aliphatic heterocycles. The Morgan fingerprint density at radius 3 is 2.63 bits per heavy atom. The third-order valence-corrected chi connectivity index (χ3v) is 5.46. The maximum absolute atomic E-state index is 14.9. The Balaban J connectivity index is 1.72. The lowest BCUT2D eigenvalue weighted by Gasteiger charge is -2.14. The van der Waals surface area contributed by atoms with E-state index in [2.05, 4.69) is 10.4 Å². The topological polar surface area (TPSA) is 64.0 Å². The number of nitrogens with zero attached hydrogens (tertiary/aromatic N) is 2. The van der Waals surface area contributed by atoms with Gasteiger partial charge in [-0.2, -0.15) is 18.3 Å². The quantitative estimate of drug-likeness (QED) is 0.434. The van der Waals surface area contributed by atoms with Crippen molar-refractivity contribution in [2.75, 3.05) is 0 Å². The van der Waals surface area contributed by atoms with Gasteiger partial charge in [0.15, 0.2) is 0 Å². The first kappa shape index (κ1) is 20.4. The van der Waals surface area contributed by atoms with Crippen molar-refractivity contribution in [3.05, 3.63) is 69.0 Å². The highest BCUT2D eigenvalue weighted by Crippen LogP contribution is 2.35. The van der Waals surface area contributed by atoms with Crippen LogP contribution in [-0.2, 0) is 17.5 Å². The van der Waals surface area contributed by atoms with E-state index in [1.807, 2.05) is 0 Å². The van der Waals surface area contributed by atoms with E-state index in [0.29, 0.717) is 11.8 Å². The summed E-state index contributed by atoms with van der Waals surface area (Å²) in [5, 5.41) is 5.56. The zero-order chi connectivity index (χ0) is 21.6. The molecule has 30 heavy (non-hydrogen) atoms. The Hall–Kier alpha value is -2.85. The van der Waals surface area contributed by atoms with Crippen LogP contribution in [0.3, 0.4) is 0 Å². The van der Waals surface area contributed by atoms with Crippen LogP contribution < -0.4 is 5.32 Å². The van der Waals surface area contributed by atoms with Crippen molar-refractivity contribution in [1.82, 2.24) is 15.1 Å². The monoisotopic (exact) mass is 455 g/mol. The molecule has 0 atom stereocenters. The third-order valence-electron chi connectivity index (χ3n) is 4.42. The fraction of sp³-hybridized carbons (Fsp3) is 0.105. The van der Waals surface area contributed by atoms with E-state index >= 15 is 0 Å². The van der Waals surface area contributed by atoms with Crippen molar-refractivity contribution in [3.8, 4) is 0 Å². The predicted molar refractivity (Wildman–Crippen MR) is 104 cm³/mol. The van der Waals surface area contributed by atoms with Crippen LogP contribution >= 0.6 is 23.4 Å². The summed E-state index contributed by atoms with van der Waals surface area (Å²) < 4.78 is 56.1. The van der Waals surface area contributed by atoms with Gasteiger partial charge < -0.3 is 0 Å². The lowest BCUT2D eigenvalue weighted by atomic mass is 10.1. The van der Waals surface area contributed by atoms with Gasteiger partial charge in [-0.1, -0.05) is 17.7 Å². The summed E-state index contributed by atoms with van der Waals surface area (Å²) in [6.07, 6.45) is -2.18. The van der Waals surface area contributed by atoms with Crippen LogP contribution in [0.5, 0.6) is 0 Å². The van der Waals surface area contributed by atoms with Crippen molar-refractivity contribution in [3.63, 3.8) is 0 Å². The van der Waals surface area contributed by atoms with Crippen molar-refractivity contribution in [2.45, 2.75) is 12.7 Å². The highest BCUT2D eigenvalue weighted by atomic mass is 35.5. The largest absolute Gasteiger partial charge is 0.416 e. The Morgan fingerprint density at radius 1 is 1.20 bits per heavy atom. The molecule has 2 amide bonds.